The van der Waals surface area contributed by atoms with Crippen molar-refractivity contribution in [3.8, 4) is 0 Å². The number of hydrogen-bond acceptors (Lipinski definition) is 2. The van der Waals surface area contributed by atoms with Crippen LogP contribution in [0, 0.1) is 11.3 Å². The lowest BCUT2D eigenvalue weighted by atomic mass is 9.91. The van der Waals surface area contributed by atoms with Crippen molar-refractivity contribution < 1.29 is 4.79 Å². The van der Waals surface area contributed by atoms with Crippen molar-refractivity contribution in [2.24, 2.45) is 17.1 Å². The van der Waals surface area contributed by atoms with Gasteiger partial charge < -0.3 is 10.6 Å². The second kappa shape index (κ2) is 5.34. The molecule has 0 heterocycles. The van der Waals surface area contributed by atoms with E-state index in [9.17, 15) is 4.79 Å². The highest BCUT2D eigenvalue weighted by atomic mass is 32.1. The standard InChI is InChI=1S/C13H24N2OS/c1-9(2)7-8-15(10-5-6-10)12(16)13(3,4)11(14)17/h9-10H,5-8H2,1-4H3,(H2,14,17). The van der Waals surface area contributed by atoms with Gasteiger partial charge in [-0.15, -0.1) is 0 Å². The fourth-order valence-corrected chi connectivity index (χ4v) is 1.79. The Hall–Kier alpha value is -0.640. The van der Waals surface area contributed by atoms with Crippen molar-refractivity contribution in [2.45, 2.75) is 53.0 Å². The Morgan fingerprint density at radius 2 is 2.00 bits per heavy atom. The van der Waals surface area contributed by atoms with E-state index < -0.39 is 5.41 Å². The molecule has 2 N–H and O–H groups in total. The molecule has 0 atom stereocenters. The first-order chi connectivity index (χ1) is 7.76. The summed E-state index contributed by atoms with van der Waals surface area (Å²) in [5, 5.41) is 0. The van der Waals surface area contributed by atoms with Crippen LogP contribution >= 0.6 is 12.2 Å². The van der Waals surface area contributed by atoms with E-state index in [-0.39, 0.29) is 10.9 Å². The fraction of sp³-hybridized carbons (Fsp3) is 0.846. The van der Waals surface area contributed by atoms with Crippen LogP contribution in [0.2, 0.25) is 0 Å². The topological polar surface area (TPSA) is 46.3 Å². The highest BCUT2D eigenvalue weighted by molar-refractivity contribution is 7.80. The average molecular weight is 256 g/mol. The van der Waals surface area contributed by atoms with E-state index in [4.69, 9.17) is 18.0 Å². The molecule has 1 aliphatic rings. The van der Waals surface area contributed by atoms with Crippen molar-refractivity contribution in [1.82, 2.24) is 4.90 Å². The summed E-state index contributed by atoms with van der Waals surface area (Å²) < 4.78 is 0. The molecule has 0 unspecified atom stereocenters. The molecule has 1 saturated carbocycles. The normalized spacial score (nSPS) is 16.1. The molecule has 0 saturated heterocycles. The number of thiocarbonyl (C=S) groups is 1. The van der Waals surface area contributed by atoms with Gasteiger partial charge >= 0.3 is 0 Å². The first-order valence-corrected chi connectivity index (χ1v) is 6.78. The molecule has 0 aliphatic heterocycles. The Morgan fingerprint density at radius 1 is 1.47 bits per heavy atom. The second-order valence-electron chi connectivity index (χ2n) is 5.90. The molecule has 0 aromatic rings. The van der Waals surface area contributed by atoms with E-state index in [0.717, 1.165) is 25.8 Å². The lowest BCUT2D eigenvalue weighted by Crippen LogP contribution is -2.48. The molecule has 1 aliphatic carbocycles. The number of nitrogens with zero attached hydrogens (tertiary/aromatic N) is 1. The molecule has 1 fully saturated rings. The molecular weight excluding hydrogens is 232 g/mol. The molecule has 1 amide bonds. The van der Waals surface area contributed by atoms with Gasteiger partial charge in [0.05, 0.1) is 10.4 Å². The lowest BCUT2D eigenvalue weighted by molar-refractivity contribution is -0.137. The highest BCUT2D eigenvalue weighted by Crippen LogP contribution is 2.31. The maximum Gasteiger partial charge on any atom is 0.235 e. The third-order valence-corrected chi connectivity index (χ3v) is 3.86. The van der Waals surface area contributed by atoms with Gasteiger partial charge in [-0.25, -0.2) is 0 Å². The summed E-state index contributed by atoms with van der Waals surface area (Å²) in [4.78, 5) is 14.7. The van der Waals surface area contributed by atoms with E-state index in [2.05, 4.69) is 13.8 Å². The van der Waals surface area contributed by atoms with E-state index in [1.807, 2.05) is 18.7 Å². The number of amides is 1. The van der Waals surface area contributed by atoms with Crippen LogP contribution in [0.15, 0.2) is 0 Å². The Labute approximate surface area is 110 Å². The Kier molecular flexibility index (Phi) is 4.53. The first-order valence-electron chi connectivity index (χ1n) is 6.37. The van der Waals surface area contributed by atoms with Crippen molar-refractivity contribution >= 4 is 23.1 Å². The maximum atomic E-state index is 12.5. The highest BCUT2D eigenvalue weighted by Gasteiger charge is 2.40. The molecule has 0 radical (unpaired) electrons. The minimum Gasteiger partial charge on any atom is -0.392 e. The Bertz CT molecular complexity index is 309. The molecule has 0 bridgehead atoms. The summed E-state index contributed by atoms with van der Waals surface area (Å²) in [5.41, 5.74) is 4.96. The van der Waals surface area contributed by atoms with E-state index in [0.29, 0.717) is 12.0 Å². The maximum absolute atomic E-state index is 12.5. The molecule has 3 nitrogen and oxygen atoms in total. The molecule has 4 heteroatoms. The SMILES string of the molecule is CC(C)CCN(C(=O)C(C)(C)C(N)=S)C1CC1. The number of rotatable bonds is 6. The van der Waals surface area contributed by atoms with Crippen molar-refractivity contribution in [2.75, 3.05) is 6.54 Å². The minimum atomic E-state index is -0.713. The van der Waals surface area contributed by atoms with Crippen LogP contribution < -0.4 is 5.73 Å². The molecule has 98 valence electrons. The number of nitrogens with two attached hydrogens (primary N) is 1. The first kappa shape index (κ1) is 14.4. The molecule has 0 aromatic carbocycles. The smallest absolute Gasteiger partial charge is 0.235 e. The molecule has 1 rings (SSSR count). The van der Waals surface area contributed by atoms with E-state index >= 15 is 0 Å². The zero-order chi connectivity index (χ0) is 13.2. The zero-order valence-electron chi connectivity index (χ0n) is 11.3. The number of carbonyl (C=O) groups is 1. The minimum absolute atomic E-state index is 0.0909. The third kappa shape index (κ3) is 3.66. The van der Waals surface area contributed by atoms with Crippen LogP contribution in [-0.2, 0) is 4.79 Å². The number of carbonyl (C=O) groups excluding carboxylic acids is 1. The van der Waals surface area contributed by atoms with Gasteiger partial charge in [-0.05, 0) is 39.0 Å². The molecule has 17 heavy (non-hydrogen) atoms. The van der Waals surface area contributed by atoms with Crippen LogP contribution in [0.1, 0.15) is 47.0 Å². The predicted octanol–water partition coefficient (Wildman–Crippen LogP) is 2.34. The van der Waals surface area contributed by atoms with Gasteiger partial charge in [0.25, 0.3) is 0 Å². The Balaban J connectivity index is 2.70. The van der Waals surface area contributed by atoms with Crippen molar-refractivity contribution in [3.63, 3.8) is 0 Å². The Morgan fingerprint density at radius 3 is 2.35 bits per heavy atom. The molecule has 0 aromatic heterocycles. The number of hydrogen-bond donors (Lipinski definition) is 1. The summed E-state index contributed by atoms with van der Waals surface area (Å²) in [6, 6.07) is 0.426. The summed E-state index contributed by atoms with van der Waals surface area (Å²) in [6.07, 6.45) is 3.28. The predicted molar refractivity (Wildman–Crippen MR) is 74.8 cm³/mol. The fourth-order valence-electron chi connectivity index (χ4n) is 1.70. The van der Waals surface area contributed by atoms with Crippen LogP contribution in [0.3, 0.4) is 0 Å². The molecule has 0 spiro atoms. The summed E-state index contributed by atoms with van der Waals surface area (Å²) in [6.45, 7) is 8.82. The van der Waals surface area contributed by atoms with Gasteiger partial charge in [0.1, 0.15) is 0 Å². The molecular formula is C13H24N2OS. The van der Waals surface area contributed by atoms with Crippen LogP contribution in [0.25, 0.3) is 0 Å². The summed E-state index contributed by atoms with van der Waals surface area (Å²) in [7, 11) is 0. The van der Waals surface area contributed by atoms with Crippen LogP contribution in [0.4, 0.5) is 0 Å². The average Bonchev–Trinajstić information content (AvgIpc) is 3.01. The largest absolute Gasteiger partial charge is 0.392 e. The van der Waals surface area contributed by atoms with Gasteiger partial charge in [-0.3, -0.25) is 4.79 Å². The van der Waals surface area contributed by atoms with Crippen molar-refractivity contribution in [1.29, 1.82) is 0 Å². The van der Waals surface area contributed by atoms with Crippen LogP contribution in [0.5, 0.6) is 0 Å². The van der Waals surface area contributed by atoms with Gasteiger partial charge in [0.2, 0.25) is 5.91 Å². The lowest BCUT2D eigenvalue weighted by Gasteiger charge is -2.32. The van der Waals surface area contributed by atoms with Gasteiger partial charge in [-0.1, -0.05) is 26.1 Å². The van der Waals surface area contributed by atoms with Gasteiger partial charge in [0, 0.05) is 12.6 Å². The van der Waals surface area contributed by atoms with Crippen molar-refractivity contribution in [3.05, 3.63) is 0 Å². The zero-order valence-corrected chi connectivity index (χ0v) is 12.1. The summed E-state index contributed by atoms with van der Waals surface area (Å²) >= 11 is 5.00. The summed E-state index contributed by atoms with van der Waals surface area (Å²) in [5.74, 6) is 0.699. The van der Waals surface area contributed by atoms with Gasteiger partial charge in [0.15, 0.2) is 0 Å². The van der Waals surface area contributed by atoms with Gasteiger partial charge in [-0.2, -0.15) is 0 Å². The van der Waals surface area contributed by atoms with E-state index in [1.165, 1.54) is 0 Å². The third-order valence-electron chi connectivity index (χ3n) is 3.35. The monoisotopic (exact) mass is 256 g/mol. The second-order valence-corrected chi connectivity index (χ2v) is 6.34. The van der Waals surface area contributed by atoms with E-state index in [1.54, 1.807) is 0 Å². The van der Waals surface area contributed by atoms with Crippen LogP contribution in [-0.4, -0.2) is 28.4 Å². The quantitative estimate of drug-likeness (QED) is 0.742.